The lowest BCUT2D eigenvalue weighted by Gasteiger charge is -2.23. The highest BCUT2D eigenvalue weighted by Crippen LogP contribution is 2.37. The van der Waals surface area contributed by atoms with Gasteiger partial charge in [-0.2, -0.15) is 0 Å². The summed E-state index contributed by atoms with van der Waals surface area (Å²) >= 11 is 0. The number of imidazole rings is 1. The second kappa shape index (κ2) is 6.69. The van der Waals surface area contributed by atoms with E-state index >= 15 is 0 Å². The van der Waals surface area contributed by atoms with Crippen LogP contribution in [0.2, 0.25) is 0 Å². The van der Waals surface area contributed by atoms with E-state index in [4.69, 9.17) is 0 Å². The first-order valence-electron chi connectivity index (χ1n) is 9.67. The minimum atomic E-state index is 0.104. The fourth-order valence-corrected chi connectivity index (χ4v) is 4.57. The van der Waals surface area contributed by atoms with Gasteiger partial charge < -0.3 is 9.47 Å². The van der Waals surface area contributed by atoms with Gasteiger partial charge in [-0.15, -0.1) is 0 Å². The third-order valence-electron chi connectivity index (χ3n) is 5.97. The van der Waals surface area contributed by atoms with Crippen LogP contribution in [-0.4, -0.2) is 26.9 Å². The standard InChI is InChI=1S/C23H23N3O/c27-23-20-12-22-21(24-16-26(22)14-18-9-5-2-6-10-18)11-19(20)15-25(23)13-17-7-3-1-4-8-17/h1-10,16,19-20H,11-15H2. The minimum absolute atomic E-state index is 0.104. The normalized spacial score (nSPS) is 21.2. The highest BCUT2D eigenvalue weighted by molar-refractivity contribution is 5.82. The molecule has 1 fully saturated rings. The molecular weight excluding hydrogens is 334 g/mol. The second-order valence-electron chi connectivity index (χ2n) is 7.73. The van der Waals surface area contributed by atoms with Gasteiger partial charge in [0.25, 0.3) is 0 Å². The zero-order valence-electron chi connectivity index (χ0n) is 15.3. The molecule has 3 aromatic rings. The molecule has 1 aromatic heterocycles. The molecule has 1 aliphatic heterocycles. The van der Waals surface area contributed by atoms with Gasteiger partial charge in [0.2, 0.25) is 5.91 Å². The van der Waals surface area contributed by atoms with E-state index in [0.717, 1.165) is 25.9 Å². The highest BCUT2D eigenvalue weighted by atomic mass is 16.2. The maximum absolute atomic E-state index is 13.0. The predicted octanol–water partition coefficient (Wildman–Crippen LogP) is 3.30. The van der Waals surface area contributed by atoms with E-state index in [9.17, 15) is 4.79 Å². The van der Waals surface area contributed by atoms with Crippen LogP contribution < -0.4 is 0 Å². The third kappa shape index (κ3) is 3.05. The molecule has 0 saturated carbocycles. The van der Waals surface area contributed by atoms with Gasteiger partial charge >= 0.3 is 0 Å². The molecule has 2 aliphatic rings. The van der Waals surface area contributed by atoms with Crippen molar-refractivity contribution in [3.8, 4) is 0 Å². The number of amides is 1. The molecule has 2 aromatic carbocycles. The molecule has 0 bridgehead atoms. The van der Waals surface area contributed by atoms with E-state index in [2.05, 4.69) is 45.9 Å². The van der Waals surface area contributed by atoms with Crippen LogP contribution in [-0.2, 0) is 30.7 Å². The van der Waals surface area contributed by atoms with Crippen molar-refractivity contribution in [2.45, 2.75) is 25.9 Å². The van der Waals surface area contributed by atoms with Crippen molar-refractivity contribution in [3.63, 3.8) is 0 Å². The number of fused-ring (bicyclic) bond motifs is 2. The molecule has 0 N–H and O–H groups in total. The van der Waals surface area contributed by atoms with Gasteiger partial charge in [-0.1, -0.05) is 60.7 Å². The van der Waals surface area contributed by atoms with Crippen LogP contribution in [0.5, 0.6) is 0 Å². The molecule has 2 heterocycles. The van der Waals surface area contributed by atoms with Crippen molar-refractivity contribution >= 4 is 5.91 Å². The van der Waals surface area contributed by atoms with Gasteiger partial charge in [0.15, 0.2) is 0 Å². The molecule has 0 radical (unpaired) electrons. The van der Waals surface area contributed by atoms with Crippen molar-refractivity contribution in [3.05, 3.63) is 89.5 Å². The van der Waals surface area contributed by atoms with Crippen LogP contribution in [0.25, 0.3) is 0 Å². The van der Waals surface area contributed by atoms with E-state index in [0.29, 0.717) is 18.4 Å². The van der Waals surface area contributed by atoms with E-state index in [1.54, 1.807) is 0 Å². The quantitative estimate of drug-likeness (QED) is 0.718. The largest absolute Gasteiger partial charge is 0.338 e. The van der Waals surface area contributed by atoms with E-state index in [1.807, 2.05) is 35.5 Å². The van der Waals surface area contributed by atoms with Gasteiger partial charge in [0.1, 0.15) is 0 Å². The Hall–Kier alpha value is -2.88. The molecule has 136 valence electrons. The Balaban J connectivity index is 1.34. The average Bonchev–Trinajstić information content (AvgIpc) is 3.23. The summed E-state index contributed by atoms with van der Waals surface area (Å²) in [6, 6.07) is 20.7. The first-order valence-corrected chi connectivity index (χ1v) is 9.67. The summed E-state index contributed by atoms with van der Waals surface area (Å²) in [4.78, 5) is 19.8. The predicted molar refractivity (Wildman–Crippen MR) is 104 cm³/mol. The molecule has 2 unspecified atom stereocenters. The molecular formula is C23H23N3O. The first-order chi connectivity index (χ1) is 13.3. The first kappa shape index (κ1) is 16.3. The van der Waals surface area contributed by atoms with Crippen LogP contribution in [0.4, 0.5) is 0 Å². The number of likely N-dealkylation sites (tertiary alicyclic amines) is 1. The van der Waals surface area contributed by atoms with Gasteiger partial charge in [-0.05, 0) is 23.5 Å². The Morgan fingerprint density at radius 3 is 2.26 bits per heavy atom. The highest BCUT2D eigenvalue weighted by Gasteiger charge is 2.44. The molecule has 5 rings (SSSR count). The summed E-state index contributed by atoms with van der Waals surface area (Å²) in [5.74, 6) is 0.809. The van der Waals surface area contributed by atoms with Gasteiger partial charge in [-0.3, -0.25) is 4.79 Å². The Labute approximate surface area is 159 Å². The van der Waals surface area contributed by atoms with Crippen molar-refractivity contribution in [1.82, 2.24) is 14.5 Å². The summed E-state index contributed by atoms with van der Waals surface area (Å²) < 4.78 is 2.23. The third-order valence-corrected chi connectivity index (χ3v) is 5.97. The summed E-state index contributed by atoms with van der Waals surface area (Å²) in [5.41, 5.74) is 4.90. The lowest BCUT2D eigenvalue weighted by molar-refractivity contribution is -0.131. The summed E-state index contributed by atoms with van der Waals surface area (Å²) in [5, 5.41) is 0. The van der Waals surface area contributed by atoms with Crippen LogP contribution in [0.3, 0.4) is 0 Å². The molecule has 1 saturated heterocycles. The minimum Gasteiger partial charge on any atom is -0.338 e. The van der Waals surface area contributed by atoms with Crippen LogP contribution in [0.15, 0.2) is 67.0 Å². The SMILES string of the molecule is O=C1C2Cc3c(ncn3Cc3ccccc3)CC2CN1Cc1ccccc1. The monoisotopic (exact) mass is 357 g/mol. The molecule has 27 heavy (non-hydrogen) atoms. The summed E-state index contributed by atoms with van der Waals surface area (Å²) in [6.45, 7) is 2.39. The molecule has 4 nitrogen and oxygen atoms in total. The van der Waals surface area contributed by atoms with Crippen LogP contribution in [0.1, 0.15) is 22.5 Å². The Bertz CT molecular complexity index is 948. The van der Waals surface area contributed by atoms with E-state index in [-0.39, 0.29) is 5.92 Å². The van der Waals surface area contributed by atoms with Crippen molar-refractivity contribution in [2.75, 3.05) is 6.54 Å². The molecule has 0 spiro atoms. The van der Waals surface area contributed by atoms with E-state index < -0.39 is 0 Å². The van der Waals surface area contributed by atoms with Crippen molar-refractivity contribution < 1.29 is 4.79 Å². The Kier molecular flexibility index (Phi) is 4.04. The zero-order chi connectivity index (χ0) is 18.2. The maximum atomic E-state index is 13.0. The van der Waals surface area contributed by atoms with Crippen LogP contribution in [0, 0.1) is 11.8 Å². The Morgan fingerprint density at radius 1 is 0.889 bits per heavy atom. The molecule has 1 aliphatic carbocycles. The lowest BCUT2D eigenvalue weighted by Crippen LogP contribution is -2.29. The van der Waals surface area contributed by atoms with Crippen molar-refractivity contribution in [1.29, 1.82) is 0 Å². The van der Waals surface area contributed by atoms with Gasteiger partial charge in [0.05, 0.1) is 12.0 Å². The summed E-state index contributed by atoms with van der Waals surface area (Å²) in [6.07, 6.45) is 3.68. The lowest BCUT2D eigenvalue weighted by atomic mass is 9.82. The fraction of sp³-hybridized carbons (Fsp3) is 0.304. The molecule has 1 amide bonds. The average molecular weight is 357 g/mol. The number of hydrogen-bond donors (Lipinski definition) is 0. The molecule has 2 atom stereocenters. The van der Waals surface area contributed by atoms with Gasteiger partial charge in [0, 0.05) is 37.7 Å². The zero-order valence-corrected chi connectivity index (χ0v) is 15.3. The smallest absolute Gasteiger partial charge is 0.226 e. The number of rotatable bonds is 4. The number of benzene rings is 2. The van der Waals surface area contributed by atoms with Gasteiger partial charge in [-0.25, -0.2) is 4.98 Å². The number of aromatic nitrogens is 2. The number of hydrogen-bond acceptors (Lipinski definition) is 2. The number of carbonyl (C=O) groups is 1. The number of nitrogens with zero attached hydrogens (tertiary/aromatic N) is 3. The second-order valence-corrected chi connectivity index (χ2v) is 7.73. The summed E-state index contributed by atoms with van der Waals surface area (Å²) in [7, 11) is 0. The van der Waals surface area contributed by atoms with Crippen molar-refractivity contribution in [2.24, 2.45) is 11.8 Å². The fourth-order valence-electron chi connectivity index (χ4n) is 4.57. The van der Waals surface area contributed by atoms with E-state index in [1.165, 1.54) is 22.5 Å². The Morgan fingerprint density at radius 2 is 1.56 bits per heavy atom. The molecule has 4 heteroatoms. The number of carbonyl (C=O) groups excluding carboxylic acids is 1. The van der Waals surface area contributed by atoms with Crippen LogP contribution >= 0.6 is 0 Å². The maximum Gasteiger partial charge on any atom is 0.226 e. The topological polar surface area (TPSA) is 38.1 Å².